The van der Waals surface area contributed by atoms with Crippen LogP contribution in [0.25, 0.3) is 83.4 Å². The maximum atomic E-state index is 14.8. The fourth-order valence-electron chi connectivity index (χ4n) is 17.3. The first-order chi connectivity index (χ1) is 51.7. The number of carbonyl (C=O) groups is 2. The molecule has 4 heterocycles. The van der Waals surface area contributed by atoms with E-state index in [-0.39, 0.29) is 43.1 Å². The van der Waals surface area contributed by atoms with E-state index >= 15 is 0 Å². The Balaban J connectivity index is 1.13. The normalized spacial score (nSPS) is 16.0. The second kappa shape index (κ2) is 35.9. The lowest BCUT2D eigenvalue weighted by molar-refractivity contribution is 0.103. The van der Waals surface area contributed by atoms with Gasteiger partial charge in [-0.15, -0.1) is 45.3 Å². The van der Waals surface area contributed by atoms with Crippen molar-refractivity contribution in [2.45, 2.75) is 258 Å². The summed E-state index contributed by atoms with van der Waals surface area (Å²) in [6.07, 6.45) is 38.8. The van der Waals surface area contributed by atoms with Crippen LogP contribution < -0.4 is 9.47 Å². The Bertz CT molecular complexity index is 4640. The van der Waals surface area contributed by atoms with Crippen LogP contribution in [0.5, 0.6) is 11.5 Å². The third-order valence-corrected chi connectivity index (χ3v) is 28.9. The molecule has 0 saturated heterocycles. The lowest BCUT2D eigenvalue weighted by Gasteiger charge is -2.33. The zero-order valence-corrected chi connectivity index (χ0v) is 68.7. The number of halogens is 4. The van der Waals surface area contributed by atoms with Crippen LogP contribution in [0.15, 0.2) is 71.1 Å². The molecular formula is C90H96Cl4N4O4S4. The summed E-state index contributed by atoms with van der Waals surface area (Å²) in [7, 11) is 0. The summed E-state index contributed by atoms with van der Waals surface area (Å²) in [6, 6.07) is 20.3. The third-order valence-electron chi connectivity index (χ3n) is 22.5. The Morgan fingerprint density at radius 2 is 0.726 bits per heavy atom. The standard InChI is InChI=1S/C90H96Cl4N4O4S4/c1-9-15-21-27-29-35-41-101-81-61-47-66-78-88(86-68(90(78,39-33-25-19-13-5)40-34-26-20-14-6)46-56(104-86)44-64-76(74(54-96)98-8)58-50-70(92)72(94)52-60(58)80(64)100)106-84(66)82(102-42-36-30-28-22-16-10-2)62(61)48-65-77-87(105-83(65)81)85-67(89(77,37-31-23-17-11-3)38-32-24-18-12-4)45-55(103-85)43-63-75(73(53-95)97-7)57-49-69(91)71(93)51-59(57)79(63)99/h43-52H,9-42H2,1-6H3/b63-43-,64-44-,75-73-,76-74+. The van der Waals surface area contributed by atoms with Crippen molar-refractivity contribution >= 4 is 158 Å². The Hall–Kier alpha value is -6.52. The lowest BCUT2D eigenvalue weighted by Crippen LogP contribution is -2.25. The molecule has 0 spiro atoms. The van der Waals surface area contributed by atoms with Crippen molar-refractivity contribution in [3.63, 3.8) is 0 Å². The van der Waals surface area contributed by atoms with Gasteiger partial charge in [0.2, 0.25) is 0 Å². The lowest BCUT2D eigenvalue weighted by atomic mass is 9.70. The van der Waals surface area contributed by atoms with E-state index in [1.54, 1.807) is 46.9 Å². The fraction of sp³-hybridized carbons (Fsp3) is 0.467. The van der Waals surface area contributed by atoms with Crippen LogP contribution in [-0.2, 0) is 10.8 Å². The van der Waals surface area contributed by atoms with Crippen LogP contribution in [0.2, 0.25) is 20.1 Å². The highest BCUT2D eigenvalue weighted by Gasteiger charge is 2.50. The van der Waals surface area contributed by atoms with Crippen molar-refractivity contribution in [2.75, 3.05) is 13.2 Å². The number of Topliss-reactive ketones (excluding diaryl/α,β-unsaturated/α-hetero) is 2. The zero-order chi connectivity index (χ0) is 74.8. The Morgan fingerprint density at radius 3 is 1.05 bits per heavy atom. The average Bonchev–Trinajstić information content (AvgIpc) is 1.52. The molecule has 0 bridgehead atoms. The monoisotopic (exact) mass is 1560 g/mol. The molecule has 0 saturated carbocycles. The highest BCUT2D eigenvalue weighted by atomic mass is 35.5. The van der Waals surface area contributed by atoms with Gasteiger partial charge in [-0.2, -0.15) is 0 Å². The van der Waals surface area contributed by atoms with Gasteiger partial charge in [0.1, 0.15) is 11.5 Å². The summed E-state index contributed by atoms with van der Waals surface area (Å²) in [4.78, 5) is 43.6. The first-order valence-electron chi connectivity index (χ1n) is 39.3. The van der Waals surface area contributed by atoms with Crippen LogP contribution in [-0.4, -0.2) is 24.8 Å². The molecule has 4 aromatic heterocycles. The van der Waals surface area contributed by atoms with Crippen LogP contribution in [0, 0.1) is 35.8 Å². The summed E-state index contributed by atoms with van der Waals surface area (Å²) >= 11 is 33.6. The molecule has 0 unspecified atom stereocenters. The molecule has 0 radical (unpaired) electrons. The van der Waals surface area contributed by atoms with Gasteiger partial charge in [0.25, 0.3) is 11.4 Å². The molecule has 0 atom stereocenters. The van der Waals surface area contributed by atoms with E-state index in [0.717, 1.165) is 208 Å². The SMILES string of the molecule is [C-]#[N+]/C(C#N)=C1\C(=C\c2cc3c(s2)-c2sc4c(OCCCCCCCC)c5cc6c7c(sc6c(OCCCCCCCC)c5cc4c2C3(CCCCCC)CCCCCC)-c2sc(/C=C3\C(=O)c4cc(Cl)c(Cl)cc4\C3=C(\C#N)[N+]#[C-])cc2C7(CCCCCC)CCCCCC)C(=O)c2cc(Cl)c(Cl)cc21. The first kappa shape index (κ1) is 79.0. The van der Waals surface area contributed by atoms with Crippen LogP contribution in [0.4, 0.5) is 0 Å². The number of benzene rings is 4. The van der Waals surface area contributed by atoms with Crippen molar-refractivity contribution < 1.29 is 19.1 Å². The molecule has 4 aromatic carbocycles. The molecule has 12 rings (SSSR count). The molecular weight excluding hydrogens is 1470 g/mol. The highest BCUT2D eigenvalue weighted by molar-refractivity contribution is 7.28. The van der Waals surface area contributed by atoms with Crippen molar-refractivity contribution in [1.29, 1.82) is 10.5 Å². The third kappa shape index (κ3) is 15.3. The summed E-state index contributed by atoms with van der Waals surface area (Å²) < 4.78 is 17.6. The van der Waals surface area contributed by atoms with Crippen molar-refractivity contribution in [3.05, 3.63) is 168 Å². The quantitative estimate of drug-likeness (QED) is 0.0165. The van der Waals surface area contributed by atoms with Gasteiger partial charge >= 0.3 is 0 Å². The van der Waals surface area contributed by atoms with Gasteiger partial charge in [-0.25, -0.2) is 20.2 Å². The van der Waals surface area contributed by atoms with E-state index in [0.29, 0.717) is 57.8 Å². The molecule has 8 nitrogen and oxygen atoms in total. The Morgan fingerprint density at radius 1 is 0.415 bits per heavy atom. The molecule has 106 heavy (non-hydrogen) atoms. The van der Waals surface area contributed by atoms with E-state index in [2.05, 4.69) is 87.6 Å². The summed E-state index contributed by atoms with van der Waals surface area (Å²) in [5, 5.41) is 26.5. The minimum absolute atomic E-state index is 0.164. The average molecular weight is 1570 g/mol. The number of unbranched alkanes of at least 4 members (excludes halogenated alkanes) is 22. The predicted octanol–water partition coefficient (Wildman–Crippen LogP) is 30.8. The van der Waals surface area contributed by atoms with E-state index in [1.807, 2.05) is 34.8 Å². The van der Waals surface area contributed by atoms with Gasteiger partial charge in [-0.05, 0) is 133 Å². The maximum Gasteiger partial charge on any atom is 0.270 e. The van der Waals surface area contributed by atoms with Crippen molar-refractivity contribution in [2.24, 2.45) is 0 Å². The topological polar surface area (TPSA) is 109 Å². The summed E-state index contributed by atoms with van der Waals surface area (Å²) in [6.45, 7) is 31.1. The Kier molecular flexibility index (Phi) is 26.8. The van der Waals surface area contributed by atoms with Crippen LogP contribution in [0.3, 0.4) is 0 Å². The predicted molar refractivity (Wildman–Crippen MR) is 451 cm³/mol. The number of fused-ring (bicyclic) bond motifs is 13. The number of carbonyl (C=O) groups excluding carboxylic acids is 2. The summed E-state index contributed by atoms with van der Waals surface area (Å²) in [5.41, 5.74) is 6.98. The number of ether oxygens (including phenoxy) is 2. The molecule has 0 amide bonds. The minimum Gasteiger partial charge on any atom is -0.491 e. The number of hydrogen-bond donors (Lipinski definition) is 0. The number of rotatable bonds is 38. The fourth-order valence-corrected chi connectivity index (χ4v) is 23.4. The zero-order valence-electron chi connectivity index (χ0n) is 62.4. The first-order valence-corrected chi connectivity index (χ1v) is 44.1. The molecule has 4 aliphatic carbocycles. The maximum absolute atomic E-state index is 14.8. The highest BCUT2D eigenvalue weighted by Crippen LogP contribution is 2.67. The molecule has 0 N–H and O–H groups in total. The van der Waals surface area contributed by atoms with E-state index in [1.165, 1.54) is 91.1 Å². The van der Waals surface area contributed by atoms with Crippen molar-refractivity contribution in [3.8, 4) is 43.1 Å². The van der Waals surface area contributed by atoms with Gasteiger partial charge in [0.15, 0.2) is 11.6 Å². The smallest absolute Gasteiger partial charge is 0.270 e. The van der Waals surface area contributed by atoms with Gasteiger partial charge in [-0.3, -0.25) is 9.59 Å². The molecule has 0 fully saturated rings. The molecule has 0 aliphatic heterocycles. The number of hydrogen-bond acceptors (Lipinski definition) is 10. The number of allylic oxidation sites excluding steroid dienone is 6. The van der Waals surface area contributed by atoms with Crippen LogP contribution in [0.1, 0.15) is 311 Å². The molecule has 8 aromatic rings. The van der Waals surface area contributed by atoms with Crippen LogP contribution >= 0.6 is 91.8 Å². The molecule has 4 aliphatic rings. The molecule has 552 valence electrons. The molecule has 16 heteroatoms. The largest absolute Gasteiger partial charge is 0.491 e. The second-order valence-electron chi connectivity index (χ2n) is 29.6. The summed E-state index contributed by atoms with van der Waals surface area (Å²) in [5.74, 6) is 1.27. The van der Waals surface area contributed by atoms with Gasteiger partial charge in [-0.1, -0.05) is 255 Å². The van der Waals surface area contributed by atoms with E-state index in [9.17, 15) is 20.1 Å². The number of nitrogens with zero attached hydrogens (tertiary/aromatic N) is 4. The van der Waals surface area contributed by atoms with Gasteiger partial charge < -0.3 is 9.47 Å². The Labute approximate surface area is 664 Å². The van der Waals surface area contributed by atoms with E-state index < -0.39 is 10.8 Å². The van der Waals surface area contributed by atoms with Gasteiger partial charge in [0.05, 0.1) is 77.7 Å². The number of nitriles is 2. The van der Waals surface area contributed by atoms with E-state index in [4.69, 9.17) is 69.0 Å². The van der Waals surface area contributed by atoms with Crippen molar-refractivity contribution in [1.82, 2.24) is 0 Å². The number of thiophene rings is 4. The minimum atomic E-state index is -0.390. The second-order valence-corrected chi connectivity index (χ2v) is 35.4. The number of ketones is 2. The van der Waals surface area contributed by atoms with Gasteiger partial charge in [0, 0.05) is 85.3 Å².